The van der Waals surface area contributed by atoms with Crippen LogP contribution in [0.4, 0.5) is 0 Å². The Kier molecular flexibility index (Phi) is 6.42. The molecule has 0 aliphatic heterocycles. The minimum Gasteiger partial charge on any atom is -0.361 e. The van der Waals surface area contributed by atoms with Gasteiger partial charge in [-0.2, -0.15) is 0 Å². The lowest BCUT2D eigenvalue weighted by molar-refractivity contribution is 0.780. The summed E-state index contributed by atoms with van der Waals surface area (Å²) in [5.41, 5.74) is 5.38. The first-order valence-corrected chi connectivity index (χ1v) is 9.34. The number of nitrogens with one attached hydrogen (secondary N) is 3. The van der Waals surface area contributed by atoms with Crippen LogP contribution in [0.3, 0.4) is 0 Å². The second-order valence-corrected chi connectivity index (χ2v) is 7.06. The minimum atomic E-state index is 0. The number of H-pyrrole nitrogens is 1. The maximum absolute atomic E-state index is 4.39. The average Bonchev–Trinajstić information content (AvgIpc) is 3.31. The zero-order valence-corrected chi connectivity index (χ0v) is 18.2. The van der Waals surface area contributed by atoms with Crippen LogP contribution in [0.1, 0.15) is 29.0 Å². The van der Waals surface area contributed by atoms with Gasteiger partial charge in [-0.15, -0.1) is 24.0 Å². The third-order valence-corrected chi connectivity index (χ3v) is 5.29. The smallest absolute Gasteiger partial charge is 0.191 e. The molecular formula is C22H27IN4. The number of aliphatic imine (C=N–C) groups is 1. The summed E-state index contributed by atoms with van der Waals surface area (Å²) in [4.78, 5) is 7.72. The Balaban J connectivity index is 0.00000210. The Hall–Kier alpha value is -2.02. The zero-order valence-electron chi connectivity index (χ0n) is 15.8. The van der Waals surface area contributed by atoms with E-state index in [1.54, 1.807) is 0 Å². The molecule has 3 aromatic rings. The Morgan fingerprint density at radius 2 is 1.93 bits per heavy atom. The molecule has 1 aromatic heterocycles. The van der Waals surface area contributed by atoms with E-state index in [0.717, 1.165) is 18.9 Å². The number of para-hydroxylation sites is 1. The van der Waals surface area contributed by atoms with Crippen molar-refractivity contribution >= 4 is 40.8 Å². The van der Waals surface area contributed by atoms with E-state index in [1.807, 2.05) is 7.05 Å². The molecule has 2 unspecified atom stereocenters. The first kappa shape index (κ1) is 19.7. The van der Waals surface area contributed by atoms with E-state index < -0.39 is 0 Å². The van der Waals surface area contributed by atoms with Crippen molar-refractivity contribution in [1.29, 1.82) is 0 Å². The first-order valence-electron chi connectivity index (χ1n) is 9.34. The lowest BCUT2D eigenvalue weighted by Crippen LogP contribution is -2.39. The maximum Gasteiger partial charge on any atom is 0.191 e. The van der Waals surface area contributed by atoms with Gasteiger partial charge in [0.25, 0.3) is 0 Å². The molecule has 1 aliphatic carbocycles. The monoisotopic (exact) mass is 474 g/mol. The molecule has 27 heavy (non-hydrogen) atoms. The first-order chi connectivity index (χ1) is 12.8. The van der Waals surface area contributed by atoms with Gasteiger partial charge in [-0.05, 0) is 42.5 Å². The third kappa shape index (κ3) is 4.46. The molecule has 1 fully saturated rings. The highest BCUT2D eigenvalue weighted by Crippen LogP contribution is 2.41. The molecule has 4 nitrogen and oxygen atoms in total. The number of hydrogen-bond acceptors (Lipinski definition) is 1. The van der Waals surface area contributed by atoms with E-state index in [2.05, 4.69) is 82.3 Å². The quantitative estimate of drug-likeness (QED) is 0.293. The molecule has 2 atom stereocenters. The Morgan fingerprint density at radius 1 is 1.15 bits per heavy atom. The summed E-state index contributed by atoms with van der Waals surface area (Å²) in [5.74, 6) is 1.49. The molecule has 4 rings (SSSR count). The summed E-state index contributed by atoms with van der Waals surface area (Å²) in [6.07, 6.45) is 4.25. The lowest BCUT2D eigenvalue weighted by Gasteiger charge is -2.12. The molecule has 142 valence electrons. The van der Waals surface area contributed by atoms with Gasteiger partial charge < -0.3 is 15.6 Å². The number of hydrogen-bond donors (Lipinski definition) is 3. The molecular weight excluding hydrogens is 447 g/mol. The summed E-state index contributed by atoms with van der Waals surface area (Å²) in [7, 11) is 1.84. The van der Waals surface area contributed by atoms with Crippen molar-refractivity contribution < 1.29 is 0 Å². The van der Waals surface area contributed by atoms with Crippen molar-refractivity contribution in [2.24, 2.45) is 4.99 Å². The second kappa shape index (κ2) is 8.78. The number of aromatic nitrogens is 1. The fourth-order valence-corrected chi connectivity index (χ4v) is 3.73. The fourth-order valence-electron chi connectivity index (χ4n) is 3.73. The van der Waals surface area contributed by atoms with Gasteiger partial charge in [0.2, 0.25) is 0 Å². The van der Waals surface area contributed by atoms with Crippen LogP contribution >= 0.6 is 24.0 Å². The Morgan fingerprint density at radius 3 is 2.74 bits per heavy atom. The van der Waals surface area contributed by atoms with E-state index in [4.69, 9.17) is 0 Å². The van der Waals surface area contributed by atoms with Crippen LogP contribution in [-0.4, -0.2) is 30.6 Å². The van der Waals surface area contributed by atoms with E-state index >= 15 is 0 Å². The van der Waals surface area contributed by atoms with Gasteiger partial charge >= 0.3 is 0 Å². The number of nitrogens with zero attached hydrogens (tertiary/aromatic N) is 1. The summed E-state index contributed by atoms with van der Waals surface area (Å²) in [5, 5.41) is 8.32. The molecule has 1 saturated carbocycles. The van der Waals surface area contributed by atoms with Crippen LogP contribution in [0.15, 0.2) is 59.7 Å². The minimum absolute atomic E-state index is 0. The van der Waals surface area contributed by atoms with E-state index in [0.29, 0.717) is 12.0 Å². The van der Waals surface area contributed by atoms with Gasteiger partial charge in [0.05, 0.1) is 0 Å². The highest BCUT2D eigenvalue weighted by atomic mass is 127. The summed E-state index contributed by atoms with van der Waals surface area (Å²) >= 11 is 0. The number of fused-ring (bicyclic) bond motifs is 1. The van der Waals surface area contributed by atoms with Gasteiger partial charge in [0.1, 0.15) is 0 Å². The largest absolute Gasteiger partial charge is 0.361 e. The topological polar surface area (TPSA) is 52.2 Å². The SMILES string of the molecule is CN=C(NCCc1c[nH]c2ccccc12)NC1CC1c1ccccc1C.I. The maximum atomic E-state index is 4.39. The van der Waals surface area contributed by atoms with Crippen molar-refractivity contribution in [2.45, 2.75) is 31.7 Å². The Bertz CT molecular complexity index is 931. The number of aryl methyl sites for hydroxylation is 1. The summed E-state index contributed by atoms with van der Waals surface area (Å²) in [6, 6.07) is 17.6. The third-order valence-electron chi connectivity index (χ3n) is 5.29. The van der Waals surface area contributed by atoms with Crippen molar-refractivity contribution in [3.63, 3.8) is 0 Å². The predicted octanol–water partition coefficient (Wildman–Crippen LogP) is 4.36. The molecule has 5 heteroatoms. The Labute approximate surface area is 177 Å². The van der Waals surface area contributed by atoms with Crippen molar-refractivity contribution in [3.8, 4) is 0 Å². The van der Waals surface area contributed by atoms with Crippen LogP contribution in [0, 0.1) is 6.92 Å². The molecule has 3 N–H and O–H groups in total. The summed E-state index contributed by atoms with van der Waals surface area (Å²) < 4.78 is 0. The normalized spacial score (nSPS) is 18.8. The van der Waals surface area contributed by atoms with E-state index in [1.165, 1.54) is 34.0 Å². The molecule has 0 saturated heterocycles. The van der Waals surface area contributed by atoms with Gasteiger partial charge in [0, 0.05) is 42.7 Å². The second-order valence-electron chi connectivity index (χ2n) is 7.06. The summed E-state index contributed by atoms with van der Waals surface area (Å²) in [6.45, 7) is 3.06. The number of halogens is 1. The predicted molar refractivity (Wildman–Crippen MR) is 124 cm³/mol. The fraction of sp³-hybridized carbons (Fsp3) is 0.318. The van der Waals surface area contributed by atoms with Crippen LogP contribution in [0.25, 0.3) is 10.9 Å². The molecule has 1 heterocycles. The molecule has 0 bridgehead atoms. The van der Waals surface area contributed by atoms with Crippen LogP contribution in [-0.2, 0) is 6.42 Å². The van der Waals surface area contributed by atoms with E-state index in [9.17, 15) is 0 Å². The molecule has 0 spiro atoms. The number of guanidine groups is 1. The van der Waals surface area contributed by atoms with Crippen LogP contribution in [0.5, 0.6) is 0 Å². The number of benzene rings is 2. The lowest BCUT2D eigenvalue weighted by atomic mass is 10.0. The number of rotatable bonds is 5. The highest BCUT2D eigenvalue weighted by molar-refractivity contribution is 14.0. The average molecular weight is 474 g/mol. The molecule has 1 aliphatic rings. The van der Waals surface area contributed by atoms with Gasteiger partial charge in [-0.25, -0.2) is 0 Å². The highest BCUT2D eigenvalue weighted by Gasteiger charge is 2.39. The van der Waals surface area contributed by atoms with Crippen molar-refractivity contribution in [3.05, 3.63) is 71.4 Å². The molecule has 0 radical (unpaired) electrons. The van der Waals surface area contributed by atoms with Gasteiger partial charge in [0.15, 0.2) is 5.96 Å². The molecule has 0 amide bonds. The van der Waals surface area contributed by atoms with Crippen LogP contribution < -0.4 is 10.6 Å². The van der Waals surface area contributed by atoms with E-state index in [-0.39, 0.29) is 24.0 Å². The number of aromatic amines is 1. The zero-order chi connectivity index (χ0) is 17.9. The van der Waals surface area contributed by atoms with Gasteiger partial charge in [-0.3, -0.25) is 4.99 Å². The molecule has 2 aromatic carbocycles. The van der Waals surface area contributed by atoms with Crippen molar-refractivity contribution in [1.82, 2.24) is 15.6 Å². The van der Waals surface area contributed by atoms with Gasteiger partial charge in [-0.1, -0.05) is 42.5 Å². The van der Waals surface area contributed by atoms with Crippen molar-refractivity contribution in [2.75, 3.05) is 13.6 Å². The standard InChI is InChI=1S/C22H26N4.HI/c1-15-7-3-4-8-17(15)19-13-21(19)26-22(23-2)24-12-11-16-14-25-20-10-6-5-9-18(16)20;/h3-10,14,19,21,25H,11-13H2,1-2H3,(H2,23,24,26);1H. The van der Waals surface area contributed by atoms with Crippen LogP contribution in [0.2, 0.25) is 0 Å².